The van der Waals surface area contributed by atoms with Crippen molar-refractivity contribution in [1.82, 2.24) is 4.90 Å². The van der Waals surface area contributed by atoms with Gasteiger partial charge < -0.3 is 15.4 Å². The Bertz CT molecular complexity index is 650. The fraction of sp³-hybridized carbons (Fsp3) is 0.188. The van der Waals surface area contributed by atoms with Crippen LogP contribution in [-0.4, -0.2) is 17.9 Å². The van der Waals surface area contributed by atoms with E-state index in [2.05, 4.69) is 0 Å². The van der Waals surface area contributed by atoms with E-state index in [4.69, 9.17) is 10.5 Å². The summed E-state index contributed by atoms with van der Waals surface area (Å²) in [6.07, 6.45) is 0. The second-order valence-electron chi connectivity index (χ2n) is 4.93. The van der Waals surface area contributed by atoms with Crippen LogP contribution in [0.5, 0.6) is 5.75 Å². The van der Waals surface area contributed by atoms with Gasteiger partial charge in [-0.1, -0.05) is 12.1 Å². The summed E-state index contributed by atoms with van der Waals surface area (Å²) in [5.74, 6) is 0.883. The van der Waals surface area contributed by atoms with Crippen LogP contribution in [0, 0.1) is 0 Å². The van der Waals surface area contributed by atoms with Crippen LogP contribution >= 0.6 is 0 Å². The summed E-state index contributed by atoms with van der Waals surface area (Å²) in [6.45, 7) is 1.21. The predicted octanol–water partition coefficient (Wildman–Crippen LogP) is 2.43. The number of ether oxygens (including phenoxy) is 1. The summed E-state index contributed by atoms with van der Waals surface area (Å²) in [7, 11) is 1.64. The van der Waals surface area contributed by atoms with Crippen molar-refractivity contribution in [3.05, 3.63) is 59.2 Å². The third-order valence-electron chi connectivity index (χ3n) is 3.54. The highest BCUT2D eigenvalue weighted by atomic mass is 16.5. The first kappa shape index (κ1) is 12.5. The molecule has 1 aliphatic heterocycles. The predicted molar refractivity (Wildman–Crippen MR) is 77.4 cm³/mol. The van der Waals surface area contributed by atoms with Crippen molar-refractivity contribution < 1.29 is 9.53 Å². The van der Waals surface area contributed by atoms with Crippen LogP contribution in [0.4, 0.5) is 5.69 Å². The molecular weight excluding hydrogens is 252 g/mol. The largest absolute Gasteiger partial charge is 0.497 e. The maximum Gasteiger partial charge on any atom is 0.254 e. The molecule has 0 saturated carbocycles. The molecule has 0 aliphatic carbocycles. The first-order valence-electron chi connectivity index (χ1n) is 6.48. The van der Waals surface area contributed by atoms with Gasteiger partial charge in [0.05, 0.1) is 7.11 Å². The maximum atomic E-state index is 12.3. The minimum Gasteiger partial charge on any atom is -0.497 e. The molecule has 0 aromatic heterocycles. The highest BCUT2D eigenvalue weighted by Crippen LogP contribution is 2.26. The van der Waals surface area contributed by atoms with Gasteiger partial charge in [-0.05, 0) is 41.5 Å². The van der Waals surface area contributed by atoms with E-state index in [9.17, 15) is 4.79 Å². The average Bonchev–Trinajstić information content (AvgIpc) is 2.75. The van der Waals surface area contributed by atoms with Crippen molar-refractivity contribution in [2.75, 3.05) is 12.8 Å². The molecule has 0 atom stereocenters. The number of rotatable bonds is 3. The number of carbonyl (C=O) groups is 1. The first-order valence-corrected chi connectivity index (χ1v) is 6.48. The molecule has 0 spiro atoms. The smallest absolute Gasteiger partial charge is 0.254 e. The second-order valence-corrected chi connectivity index (χ2v) is 4.93. The number of nitrogen functional groups attached to an aromatic ring is 1. The molecule has 0 saturated heterocycles. The topological polar surface area (TPSA) is 55.6 Å². The second kappa shape index (κ2) is 4.89. The first-order chi connectivity index (χ1) is 9.67. The Balaban J connectivity index is 1.78. The van der Waals surface area contributed by atoms with Gasteiger partial charge >= 0.3 is 0 Å². The molecule has 1 amide bonds. The highest BCUT2D eigenvalue weighted by Gasteiger charge is 2.27. The number of nitrogens with two attached hydrogens (primary N) is 1. The Labute approximate surface area is 117 Å². The average molecular weight is 268 g/mol. The number of hydrogen-bond donors (Lipinski definition) is 1. The SMILES string of the molecule is COc1ccc(CN2Cc3cc(N)ccc3C2=O)cc1. The zero-order valence-corrected chi connectivity index (χ0v) is 11.3. The van der Waals surface area contributed by atoms with Gasteiger partial charge in [-0.2, -0.15) is 0 Å². The zero-order valence-electron chi connectivity index (χ0n) is 11.3. The van der Waals surface area contributed by atoms with Crippen LogP contribution < -0.4 is 10.5 Å². The Hall–Kier alpha value is -2.49. The summed E-state index contributed by atoms with van der Waals surface area (Å²) in [5, 5.41) is 0. The molecular formula is C16H16N2O2. The van der Waals surface area contributed by atoms with Gasteiger partial charge in [0.15, 0.2) is 0 Å². The lowest BCUT2D eigenvalue weighted by atomic mass is 10.1. The molecule has 3 rings (SSSR count). The summed E-state index contributed by atoms with van der Waals surface area (Å²) in [4.78, 5) is 14.1. The normalized spacial score (nSPS) is 13.4. The molecule has 0 unspecified atom stereocenters. The number of hydrogen-bond acceptors (Lipinski definition) is 3. The zero-order chi connectivity index (χ0) is 14.1. The molecule has 2 N–H and O–H groups in total. The highest BCUT2D eigenvalue weighted by molar-refractivity contribution is 5.98. The minimum atomic E-state index is 0.0656. The van der Waals surface area contributed by atoms with E-state index < -0.39 is 0 Å². The third-order valence-corrected chi connectivity index (χ3v) is 3.54. The van der Waals surface area contributed by atoms with Crippen LogP contribution in [-0.2, 0) is 13.1 Å². The van der Waals surface area contributed by atoms with Gasteiger partial charge in [0.2, 0.25) is 0 Å². The number of nitrogens with zero attached hydrogens (tertiary/aromatic N) is 1. The maximum absolute atomic E-state index is 12.3. The van der Waals surface area contributed by atoms with E-state index in [0.29, 0.717) is 18.8 Å². The quantitative estimate of drug-likeness (QED) is 0.870. The van der Waals surface area contributed by atoms with Crippen molar-refractivity contribution in [3.8, 4) is 5.75 Å². The van der Waals surface area contributed by atoms with Crippen LogP contribution in [0.15, 0.2) is 42.5 Å². The molecule has 4 nitrogen and oxygen atoms in total. The van der Waals surface area contributed by atoms with E-state index in [0.717, 1.165) is 22.4 Å². The lowest BCUT2D eigenvalue weighted by molar-refractivity contribution is 0.0766. The van der Waals surface area contributed by atoms with Crippen LogP contribution in [0.2, 0.25) is 0 Å². The van der Waals surface area contributed by atoms with Crippen molar-refractivity contribution >= 4 is 11.6 Å². The molecule has 0 bridgehead atoms. The van der Waals surface area contributed by atoms with Crippen LogP contribution in [0.3, 0.4) is 0 Å². The molecule has 20 heavy (non-hydrogen) atoms. The van der Waals surface area contributed by atoms with Gasteiger partial charge in [0.1, 0.15) is 5.75 Å². The number of carbonyl (C=O) groups excluding carboxylic acids is 1. The molecule has 1 aliphatic rings. The molecule has 0 radical (unpaired) electrons. The van der Waals surface area contributed by atoms with Gasteiger partial charge in [0.25, 0.3) is 5.91 Å². The van der Waals surface area contributed by atoms with Crippen LogP contribution in [0.25, 0.3) is 0 Å². The van der Waals surface area contributed by atoms with Gasteiger partial charge in [0, 0.05) is 24.3 Å². The number of anilines is 1. The van der Waals surface area contributed by atoms with Gasteiger partial charge in [-0.3, -0.25) is 4.79 Å². The lowest BCUT2D eigenvalue weighted by Gasteiger charge is -2.15. The van der Waals surface area contributed by atoms with E-state index in [1.807, 2.05) is 35.2 Å². The Kier molecular flexibility index (Phi) is 3.06. The Morgan fingerprint density at radius 3 is 2.65 bits per heavy atom. The molecule has 0 fully saturated rings. The van der Waals surface area contributed by atoms with E-state index in [1.165, 1.54) is 0 Å². The monoisotopic (exact) mass is 268 g/mol. The van der Waals surface area contributed by atoms with E-state index in [-0.39, 0.29) is 5.91 Å². The van der Waals surface area contributed by atoms with Crippen molar-refractivity contribution in [1.29, 1.82) is 0 Å². The van der Waals surface area contributed by atoms with Gasteiger partial charge in [-0.15, -0.1) is 0 Å². The summed E-state index contributed by atoms with van der Waals surface area (Å²) in [6, 6.07) is 13.2. The van der Waals surface area contributed by atoms with Crippen molar-refractivity contribution in [2.24, 2.45) is 0 Å². The fourth-order valence-corrected chi connectivity index (χ4v) is 2.48. The number of benzene rings is 2. The number of methoxy groups -OCH3 is 1. The molecule has 2 aromatic carbocycles. The molecule has 4 heteroatoms. The Morgan fingerprint density at radius 2 is 1.95 bits per heavy atom. The van der Waals surface area contributed by atoms with Crippen molar-refractivity contribution in [2.45, 2.75) is 13.1 Å². The summed E-state index contributed by atoms with van der Waals surface area (Å²) >= 11 is 0. The number of fused-ring (bicyclic) bond motifs is 1. The molecule has 1 heterocycles. The molecule has 102 valence electrons. The third kappa shape index (κ3) is 2.20. The molecule has 2 aromatic rings. The standard InChI is InChI=1S/C16H16N2O2/c1-20-14-5-2-11(3-6-14)9-18-10-12-8-13(17)4-7-15(12)16(18)19/h2-8H,9-10,17H2,1H3. The minimum absolute atomic E-state index is 0.0656. The summed E-state index contributed by atoms with van der Waals surface area (Å²) < 4.78 is 5.13. The fourth-order valence-electron chi connectivity index (χ4n) is 2.48. The lowest BCUT2D eigenvalue weighted by Crippen LogP contribution is -2.23. The van der Waals surface area contributed by atoms with Crippen LogP contribution in [0.1, 0.15) is 21.5 Å². The van der Waals surface area contributed by atoms with E-state index >= 15 is 0 Å². The van der Waals surface area contributed by atoms with E-state index in [1.54, 1.807) is 19.2 Å². The Morgan fingerprint density at radius 1 is 1.20 bits per heavy atom. The summed E-state index contributed by atoms with van der Waals surface area (Å²) in [5.41, 5.74) is 9.30. The number of amides is 1. The van der Waals surface area contributed by atoms with Crippen molar-refractivity contribution in [3.63, 3.8) is 0 Å². The van der Waals surface area contributed by atoms with Gasteiger partial charge in [-0.25, -0.2) is 0 Å².